The van der Waals surface area contributed by atoms with Crippen molar-refractivity contribution in [2.45, 2.75) is 52.0 Å². The maximum absolute atomic E-state index is 13.0. The van der Waals surface area contributed by atoms with Gasteiger partial charge in [-0.25, -0.2) is 12.7 Å². The molecule has 2 fully saturated rings. The van der Waals surface area contributed by atoms with Gasteiger partial charge in [-0.1, -0.05) is 6.92 Å². The topological polar surface area (TPSA) is 69.7 Å². The molecule has 0 saturated carbocycles. The first-order valence-corrected chi connectivity index (χ1v) is 10.6. The van der Waals surface area contributed by atoms with Crippen molar-refractivity contribution in [2.75, 3.05) is 38.5 Å². The van der Waals surface area contributed by atoms with Crippen LogP contribution in [0.5, 0.6) is 0 Å². The van der Waals surface area contributed by atoms with Crippen molar-refractivity contribution >= 4 is 28.3 Å². The summed E-state index contributed by atoms with van der Waals surface area (Å²) in [6.07, 6.45) is 4.33. The predicted molar refractivity (Wildman–Crippen MR) is 98.9 cm³/mol. The third-order valence-corrected chi connectivity index (χ3v) is 6.94. The minimum absolute atomic E-state index is 0. The van der Waals surface area contributed by atoms with Gasteiger partial charge < -0.3 is 10.2 Å². The quantitative estimate of drug-likeness (QED) is 0.756. The van der Waals surface area contributed by atoms with Gasteiger partial charge in [-0.2, -0.15) is 0 Å². The van der Waals surface area contributed by atoms with E-state index in [1.165, 1.54) is 0 Å². The summed E-state index contributed by atoms with van der Waals surface area (Å²) in [5.74, 6) is 0.370. The van der Waals surface area contributed by atoms with Crippen LogP contribution in [0.15, 0.2) is 0 Å². The molecule has 2 aliphatic rings. The van der Waals surface area contributed by atoms with E-state index in [0.29, 0.717) is 32.0 Å². The van der Waals surface area contributed by atoms with E-state index in [1.807, 2.05) is 0 Å². The molecule has 142 valence electrons. The molecule has 0 aliphatic carbocycles. The molecular weight excluding hydrogens is 350 g/mol. The van der Waals surface area contributed by atoms with Crippen molar-refractivity contribution in [1.82, 2.24) is 14.5 Å². The first kappa shape index (κ1) is 21.7. The second kappa shape index (κ2) is 9.94. The van der Waals surface area contributed by atoms with Crippen molar-refractivity contribution in [2.24, 2.45) is 5.92 Å². The molecular formula is C16H32ClN3O3S. The number of nitrogens with zero attached hydrogens (tertiary/aromatic N) is 2. The highest BCUT2D eigenvalue weighted by atomic mass is 35.5. The van der Waals surface area contributed by atoms with Crippen LogP contribution in [0.4, 0.5) is 0 Å². The molecule has 2 aliphatic heterocycles. The molecule has 0 atom stereocenters. The van der Waals surface area contributed by atoms with Gasteiger partial charge in [0.2, 0.25) is 15.9 Å². The Bertz CT molecular complexity index is 487. The molecule has 0 aromatic carbocycles. The fourth-order valence-electron chi connectivity index (χ4n) is 3.63. The first-order chi connectivity index (χ1) is 11.0. The Balaban J connectivity index is 0.00000288. The highest BCUT2D eigenvalue weighted by Crippen LogP contribution is 2.24. The summed E-state index contributed by atoms with van der Waals surface area (Å²) in [6, 6.07) is 0.348. The van der Waals surface area contributed by atoms with Gasteiger partial charge >= 0.3 is 0 Å². The summed E-state index contributed by atoms with van der Waals surface area (Å²) in [6.45, 7) is 7.52. The summed E-state index contributed by atoms with van der Waals surface area (Å²) < 4.78 is 25.4. The van der Waals surface area contributed by atoms with Crippen LogP contribution >= 0.6 is 12.4 Å². The summed E-state index contributed by atoms with van der Waals surface area (Å²) in [4.78, 5) is 15.0. The monoisotopic (exact) mass is 381 g/mol. The molecule has 0 aromatic rings. The fourth-order valence-corrected chi connectivity index (χ4v) is 4.76. The lowest BCUT2D eigenvalue weighted by Crippen LogP contribution is -2.50. The maximum Gasteiger partial charge on any atom is 0.226 e. The Kier molecular flexibility index (Phi) is 8.98. The van der Waals surface area contributed by atoms with Crippen LogP contribution in [-0.2, 0) is 14.8 Å². The second-order valence-corrected chi connectivity index (χ2v) is 8.84. The van der Waals surface area contributed by atoms with Crippen LogP contribution in [0.25, 0.3) is 0 Å². The number of amides is 1. The molecule has 0 unspecified atom stereocenters. The van der Waals surface area contributed by atoms with Crippen molar-refractivity contribution in [3.8, 4) is 0 Å². The zero-order valence-corrected chi connectivity index (χ0v) is 16.5. The van der Waals surface area contributed by atoms with Gasteiger partial charge in [0.25, 0.3) is 0 Å². The zero-order chi connectivity index (χ0) is 16.9. The van der Waals surface area contributed by atoms with E-state index in [0.717, 1.165) is 38.9 Å². The van der Waals surface area contributed by atoms with Gasteiger partial charge in [0.15, 0.2) is 0 Å². The summed E-state index contributed by atoms with van der Waals surface area (Å²) >= 11 is 0. The zero-order valence-electron chi connectivity index (χ0n) is 14.9. The Morgan fingerprint density at radius 3 is 2.21 bits per heavy atom. The van der Waals surface area contributed by atoms with Gasteiger partial charge in [0.1, 0.15) is 0 Å². The molecule has 0 spiro atoms. The van der Waals surface area contributed by atoms with Gasteiger partial charge in [-0.15, -0.1) is 12.4 Å². The number of carbonyl (C=O) groups excluding carboxylic acids is 1. The number of piperidine rings is 2. The number of carbonyl (C=O) groups is 1. The van der Waals surface area contributed by atoms with Crippen molar-refractivity contribution in [1.29, 1.82) is 0 Å². The molecule has 6 nitrogen and oxygen atoms in total. The van der Waals surface area contributed by atoms with Crippen LogP contribution in [0, 0.1) is 5.92 Å². The van der Waals surface area contributed by atoms with E-state index in [4.69, 9.17) is 0 Å². The molecule has 0 radical (unpaired) electrons. The Morgan fingerprint density at radius 1 is 1.12 bits per heavy atom. The van der Waals surface area contributed by atoms with Crippen LogP contribution in [0.3, 0.4) is 0 Å². The number of hydrogen-bond donors (Lipinski definition) is 1. The van der Waals surface area contributed by atoms with E-state index >= 15 is 0 Å². The Morgan fingerprint density at radius 2 is 1.71 bits per heavy atom. The van der Waals surface area contributed by atoms with Crippen LogP contribution in [0.2, 0.25) is 0 Å². The van der Waals surface area contributed by atoms with Gasteiger partial charge in [0, 0.05) is 31.6 Å². The molecule has 8 heteroatoms. The summed E-state index contributed by atoms with van der Waals surface area (Å²) in [7, 11) is -3.12. The lowest BCUT2D eigenvalue weighted by Gasteiger charge is -2.38. The van der Waals surface area contributed by atoms with Crippen LogP contribution in [-0.4, -0.2) is 68.0 Å². The van der Waals surface area contributed by atoms with E-state index in [1.54, 1.807) is 11.2 Å². The molecule has 0 aromatic heterocycles. The van der Waals surface area contributed by atoms with E-state index in [2.05, 4.69) is 17.1 Å². The van der Waals surface area contributed by atoms with Crippen molar-refractivity contribution < 1.29 is 13.2 Å². The smallest absolute Gasteiger partial charge is 0.226 e. The van der Waals surface area contributed by atoms with E-state index in [-0.39, 0.29) is 30.0 Å². The van der Waals surface area contributed by atoms with Gasteiger partial charge in [0.05, 0.1) is 5.75 Å². The predicted octanol–water partition coefficient (Wildman–Crippen LogP) is 1.46. The standard InChI is InChI=1S/C16H31N3O3S.ClH/c1-3-11-19(15-5-9-17-10-6-15)16(20)14-7-12-18(13-8-14)23(21,22)4-2;/h14-15,17H,3-13H2,1-2H3;1H. The van der Waals surface area contributed by atoms with Gasteiger partial charge in [-0.3, -0.25) is 4.79 Å². The molecule has 1 N–H and O–H groups in total. The third-order valence-electron chi connectivity index (χ3n) is 5.06. The fraction of sp³-hybridized carbons (Fsp3) is 0.938. The average Bonchev–Trinajstić information content (AvgIpc) is 2.60. The highest BCUT2D eigenvalue weighted by Gasteiger charge is 2.34. The Labute approximate surface area is 152 Å². The van der Waals surface area contributed by atoms with E-state index < -0.39 is 10.0 Å². The molecule has 2 heterocycles. The summed E-state index contributed by atoms with van der Waals surface area (Å²) in [5, 5.41) is 3.35. The minimum Gasteiger partial charge on any atom is -0.339 e. The molecule has 0 bridgehead atoms. The lowest BCUT2D eigenvalue weighted by atomic mass is 9.94. The maximum atomic E-state index is 13.0. The Hall–Kier alpha value is -0.370. The summed E-state index contributed by atoms with van der Waals surface area (Å²) in [5.41, 5.74) is 0. The second-order valence-electron chi connectivity index (χ2n) is 6.59. The molecule has 2 saturated heterocycles. The molecule has 24 heavy (non-hydrogen) atoms. The van der Waals surface area contributed by atoms with Crippen LogP contribution in [0.1, 0.15) is 46.0 Å². The number of rotatable bonds is 6. The average molecular weight is 382 g/mol. The number of nitrogens with one attached hydrogen (secondary N) is 1. The third kappa shape index (κ3) is 5.31. The normalized spacial score (nSPS) is 21.2. The number of halogens is 1. The van der Waals surface area contributed by atoms with Crippen LogP contribution < -0.4 is 5.32 Å². The first-order valence-electron chi connectivity index (χ1n) is 8.98. The minimum atomic E-state index is -3.12. The highest BCUT2D eigenvalue weighted by molar-refractivity contribution is 7.89. The van der Waals surface area contributed by atoms with E-state index in [9.17, 15) is 13.2 Å². The largest absolute Gasteiger partial charge is 0.339 e. The number of hydrogen-bond acceptors (Lipinski definition) is 4. The lowest BCUT2D eigenvalue weighted by molar-refractivity contribution is -0.139. The molecule has 1 amide bonds. The number of sulfonamides is 1. The van der Waals surface area contributed by atoms with Crippen molar-refractivity contribution in [3.63, 3.8) is 0 Å². The van der Waals surface area contributed by atoms with Gasteiger partial charge in [-0.05, 0) is 52.1 Å². The SMILES string of the molecule is CCCN(C(=O)C1CCN(S(=O)(=O)CC)CC1)C1CCNCC1.Cl. The van der Waals surface area contributed by atoms with Crippen molar-refractivity contribution in [3.05, 3.63) is 0 Å². The molecule has 2 rings (SSSR count).